The minimum atomic E-state index is 0.489. The molecule has 0 bridgehead atoms. The summed E-state index contributed by atoms with van der Waals surface area (Å²) in [5.41, 5.74) is 1.92. The molecule has 4 rings (SSSR count). The van der Waals surface area contributed by atoms with Crippen LogP contribution in [0.15, 0.2) is 47.0 Å². The predicted molar refractivity (Wildman–Crippen MR) is 88.6 cm³/mol. The number of hydrogen-bond donors (Lipinski definition) is 2. The molecule has 0 spiro atoms. The Labute approximate surface area is 134 Å². The maximum atomic E-state index is 5.08. The van der Waals surface area contributed by atoms with E-state index in [0.29, 0.717) is 23.6 Å². The number of hydrogen-bond acceptors (Lipinski definition) is 6. The van der Waals surface area contributed by atoms with Crippen LogP contribution >= 0.6 is 0 Å². The van der Waals surface area contributed by atoms with Crippen LogP contribution < -0.4 is 10.6 Å². The topological polar surface area (TPSA) is 75.9 Å². The Bertz CT molecular complexity index is 811. The number of nitrogens with one attached hydrogen (secondary N) is 2. The lowest BCUT2D eigenvalue weighted by Crippen LogP contribution is -2.07. The van der Waals surface area contributed by atoms with Crippen molar-refractivity contribution in [3.05, 3.63) is 48.2 Å². The molecule has 2 aromatic heterocycles. The van der Waals surface area contributed by atoms with Crippen molar-refractivity contribution in [3.63, 3.8) is 0 Å². The van der Waals surface area contributed by atoms with E-state index in [2.05, 4.69) is 25.8 Å². The van der Waals surface area contributed by atoms with Crippen LogP contribution in [0.25, 0.3) is 11.3 Å². The smallest absolute Gasteiger partial charge is 0.225 e. The van der Waals surface area contributed by atoms with E-state index >= 15 is 0 Å². The van der Waals surface area contributed by atoms with E-state index in [1.165, 1.54) is 12.8 Å². The highest BCUT2D eigenvalue weighted by Crippen LogP contribution is 2.27. The van der Waals surface area contributed by atoms with Crippen LogP contribution in [0.3, 0.4) is 0 Å². The number of rotatable bonds is 5. The summed E-state index contributed by atoms with van der Waals surface area (Å²) >= 11 is 0. The summed E-state index contributed by atoms with van der Waals surface area (Å²) in [4.78, 5) is 9.15. The fourth-order valence-electron chi connectivity index (χ4n) is 2.30. The summed E-state index contributed by atoms with van der Waals surface area (Å²) in [6.07, 6.45) is 2.34. The third-order valence-electron chi connectivity index (χ3n) is 3.59. The molecule has 1 aromatic carbocycles. The molecule has 6 heteroatoms. The minimum Gasteiger partial charge on any atom is -0.360 e. The third-order valence-corrected chi connectivity index (χ3v) is 3.59. The summed E-state index contributed by atoms with van der Waals surface area (Å²) in [5, 5.41) is 10.5. The normalized spacial score (nSPS) is 13.8. The lowest BCUT2D eigenvalue weighted by atomic mass is 10.1. The van der Waals surface area contributed by atoms with Crippen LogP contribution in [0.1, 0.15) is 18.6 Å². The first-order chi connectivity index (χ1) is 11.3. The molecule has 0 radical (unpaired) electrons. The van der Waals surface area contributed by atoms with Crippen LogP contribution in [0.2, 0.25) is 0 Å². The van der Waals surface area contributed by atoms with Gasteiger partial charge in [0, 0.05) is 23.7 Å². The summed E-state index contributed by atoms with van der Waals surface area (Å²) in [6.45, 7) is 1.85. The molecule has 116 valence electrons. The van der Waals surface area contributed by atoms with Crippen LogP contribution in [0, 0.1) is 6.92 Å². The number of benzene rings is 1. The quantitative estimate of drug-likeness (QED) is 0.747. The molecule has 23 heavy (non-hydrogen) atoms. The minimum absolute atomic E-state index is 0.489. The van der Waals surface area contributed by atoms with Gasteiger partial charge in [0.05, 0.1) is 5.69 Å². The van der Waals surface area contributed by atoms with Gasteiger partial charge in [0.15, 0.2) is 5.82 Å². The Morgan fingerprint density at radius 3 is 2.57 bits per heavy atom. The molecule has 2 N–H and O–H groups in total. The van der Waals surface area contributed by atoms with E-state index in [9.17, 15) is 0 Å². The van der Waals surface area contributed by atoms with Gasteiger partial charge in [0.1, 0.15) is 11.6 Å². The summed E-state index contributed by atoms with van der Waals surface area (Å²) < 4.78 is 5.08. The first-order valence-electron chi connectivity index (χ1n) is 7.68. The van der Waals surface area contributed by atoms with Gasteiger partial charge in [-0.2, -0.15) is 4.98 Å². The first-order valence-corrected chi connectivity index (χ1v) is 7.68. The molecule has 0 atom stereocenters. The van der Waals surface area contributed by atoms with Crippen LogP contribution in [-0.2, 0) is 0 Å². The predicted octanol–water partition coefficient (Wildman–Crippen LogP) is 3.76. The second kappa shape index (κ2) is 5.72. The van der Waals surface area contributed by atoms with E-state index in [-0.39, 0.29) is 0 Å². The van der Waals surface area contributed by atoms with Gasteiger partial charge in [-0.15, -0.1) is 0 Å². The van der Waals surface area contributed by atoms with Gasteiger partial charge in [-0.05, 0) is 19.8 Å². The Balaban J connectivity index is 1.68. The maximum Gasteiger partial charge on any atom is 0.225 e. The molecule has 1 saturated carbocycles. The molecule has 0 saturated heterocycles. The van der Waals surface area contributed by atoms with E-state index in [1.54, 1.807) is 0 Å². The van der Waals surface area contributed by atoms with Gasteiger partial charge in [-0.25, -0.2) is 4.98 Å². The van der Waals surface area contributed by atoms with Crippen molar-refractivity contribution in [2.45, 2.75) is 25.8 Å². The lowest BCUT2D eigenvalue weighted by molar-refractivity contribution is 0.400. The van der Waals surface area contributed by atoms with Crippen LogP contribution in [-0.4, -0.2) is 21.2 Å². The molecule has 0 unspecified atom stereocenters. The molecule has 1 aliphatic carbocycles. The van der Waals surface area contributed by atoms with Gasteiger partial charge >= 0.3 is 0 Å². The summed E-state index contributed by atoms with van der Waals surface area (Å²) in [6, 6.07) is 14.3. The zero-order chi connectivity index (χ0) is 15.6. The Kier molecular flexibility index (Phi) is 3.42. The largest absolute Gasteiger partial charge is 0.360 e. The highest BCUT2D eigenvalue weighted by molar-refractivity contribution is 5.66. The molecule has 6 nitrogen and oxygen atoms in total. The van der Waals surface area contributed by atoms with Gasteiger partial charge in [-0.1, -0.05) is 35.5 Å². The van der Waals surface area contributed by atoms with Gasteiger partial charge in [0.2, 0.25) is 5.95 Å². The fourth-order valence-corrected chi connectivity index (χ4v) is 2.30. The molecule has 0 aliphatic heterocycles. The van der Waals surface area contributed by atoms with E-state index < -0.39 is 0 Å². The molecule has 3 aromatic rings. The van der Waals surface area contributed by atoms with Crippen molar-refractivity contribution in [3.8, 4) is 11.3 Å². The Morgan fingerprint density at radius 2 is 1.87 bits per heavy atom. The van der Waals surface area contributed by atoms with E-state index in [1.807, 2.05) is 49.4 Å². The average molecular weight is 307 g/mol. The number of aromatic nitrogens is 3. The average Bonchev–Trinajstić information content (AvgIpc) is 3.28. The molecule has 1 fully saturated rings. The van der Waals surface area contributed by atoms with Crippen molar-refractivity contribution in [1.29, 1.82) is 0 Å². The van der Waals surface area contributed by atoms with Gasteiger partial charge in [0.25, 0.3) is 0 Å². The Morgan fingerprint density at radius 1 is 1.04 bits per heavy atom. The van der Waals surface area contributed by atoms with Gasteiger partial charge in [-0.3, -0.25) is 0 Å². The number of anilines is 3. The van der Waals surface area contributed by atoms with Crippen molar-refractivity contribution in [2.24, 2.45) is 0 Å². The fraction of sp³-hybridized carbons (Fsp3) is 0.235. The van der Waals surface area contributed by atoms with E-state index in [0.717, 1.165) is 17.0 Å². The lowest BCUT2D eigenvalue weighted by Gasteiger charge is -2.09. The molecular weight excluding hydrogens is 290 g/mol. The highest BCUT2D eigenvalue weighted by atomic mass is 16.5. The maximum absolute atomic E-state index is 5.08. The first kappa shape index (κ1) is 13.8. The van der Waals surface area contributed by atoms with Crippen LogP contribution in [0.5, 0.6) is 0 Å². The molecular formula is C17H17N5O. The zero-order valence-corrected chi connectivity index (χ0v) is 12.8. The van der Waals surface area contributed by atoms with Crippen molar-refractivity contribution in [2.75, 3.05) is 10.6 Å². The van der Waals surface area contributed by atoms with Crippen molar-refractivity contribution >= 4 is 17.6 Å². The van der Waals surface area contributed by atoms with Gasteiger partial charge < -0.3 is 15.2 Å². The summed E-state index contributed by atoms with van der Waals surface area (Å²) in [5.74, 6) is 2.71. The third kappa shape index (κ3) is 3.31. The number of nitrogens with zero attached hydrogens (tertiary/aromatic N) is 3. The molecule has 2 heterocycles. The second-order valence-corrected chi connectivity index (χ2v) is 5.69. The summed E-state index contributed by atoms with van der Waals surface area (Å²) in [7, 11) is 0. The van der Waals surface area contributed by atoms with Crippen molar-refractivity contribution < 1.29 is 4.52 Å². The van der Waals surface area contributed by atoms with Crippen LogP contribution in [0.4, 0.5) is 17.6 Å². The van der Waals surface area contributed by atoms with E-state index in [4.69, 9.17) is 4.52 Å². The molecule has 1 aliphatic rings. The highest BCUT2D eigenvalue weighted by Gasteiger charge is 2.22. The van der Waals surface area contributed by atoms with Crippen molar-refractivity contribution in [1.82, 2.24) is 15.1 Å². The SMILES string of the molecule is Cc1cc(Nc2cc(-c3ccccc3)nc(NC3CC3)n2)no1. The number of aryl methyl sites for hydroxylation is 1. The Hall–Kier alpha value is -2.89. The molecule has 0 amide bonds. The zero-order valence-electron chi connectivity index (χ0n) is 12.8. The monoisotopic (exact) mass is 307 g/mol. The second-order valence-electron chi connectivity index (χ2n) is 5.69. The standard InChI is InChI=1S/C17H17N5O/c1-11-9-16(22-23-11)20-15-10-14(12-5-3-2-4-6-12)19-17(21-15)18-13-7-8-13/h2-6,9-10,13H,7-8H2,1H3,(H2,18,19,20,21,22).